The van der Waals surface area contributed by atoms with Crippen molar-refractivity contribution in [2.75, 3.05) is 6.26 Å². The minimum absolute atomic E-state index is 0.249. The number of benzene rings is 1. The van der Waals surface area contributed by atoms with Gasteiger partial charge in [-0.2, -0.15) is 0 Å². The molecule has 0 aliphatic heterocycles. The largest absolute Gasteiger partial charge is 0.573 e. The van der Waals surface area contributed by atoms with Crippen LogP contribution in [-0.4, -0.2) is 12.6 Å². The van der Waals surface area contributed by atoms with Crippen molar-refractivity contribution >= 4 is 23.4 Å². The van der Waals surface area contributed by atoms with Crippen LogP contribution in [0.4, 0.5) is 13.2 Å². The van der Waals surface area contributed by atoms with Crippen LogP contribution in [0.25, 0.3) is 0 Å². The molecule has 0 amide bonds. The van der Waals surface area contributed by atoms with E-state index in [-0.39, 0.29) is 10.8 Å². The van der Waals surface area contributed by atoms with Crippen LogP contribution in [0.3, 0.4) is 0 Å². The van der Waals surface area contributed by atoms with Crippen molar-refractivity contribution in [3.05, 3.63) is 23.2 Å². The van der Waals surface area contributed by atoms with E-state index in [4.69, 9.17) is 11.6 Å². The van der Waals surface area contributed by atoms with Crippen LogP contribution in [0.2, 0.25) is 5.02 Å². The predicted octanol–water partition coefficient (Wildman–Crippen LogP) is 3.96. The number of ether oxygens (including phenoxy) is 1. The fourth-order valence-corrected chi connectivity index (χ4v) is 1.70. The maximum atomic E-state index is 11.8. The van der Waals surface area contributed by atoms with E-state index in [1.807, 2.05) is 0 Å². The van der Waals surface area contributed by atoms with Gasteiger partial charge in [0.05, 0.1) is 5.02 Å². The lowest BCUT2D eigenvalue weighted by Gasteiger charge is -2.09. The van der Waals surface area contributed by atoms with Gasteiger partial charge in [0.1, 0.15) is 5.75 Å². The van der Waals surface area contributed by atoms with E-state index >= 15 is 0 Å². The molecule has 1 nitrogen and oxygen atoms in total. The first-order chi connectivity index (χ1) is 6.42. The lowest BCUT2D eigenvalue weighted by Crippen LogP contribution is -2.17. The second-order valence-corrected chi connectivity index (χ2v) is 3.60. The molecule has 0 fully saturated rings. The van der Waals surface area contributed by atoms with E-state index in [0.717, 1.165) is 6.07 Å². The second-order valence-electron chi connectivity index (χ2n) is 2.34. The summed E-state index contributed by atoms with van der Waals surface area (Å²) in [4.78, 5) is 0.709. The van der Waals surface area contributed by atoms with E-state index in [1.165, 1.54) is 23.9 Å². The zero-order valence-corrected chi connectivity index (χ0v) is 8.63. The summed E-state index contributed by atoms with van der Waals surface area (Å²) < 4.78 is 39.0. The van der Waals surface area contributed by atoms with Crippen molar-refractivity contribution in [2.24, 2.45) is 0 Å². The van der Waals surface area contributed by atoms with Gasteiger partial charge < -0.3 is 4.74 Å². The van der Waals surface area contributed by atoms with Gasteiger partial charge in [-0.05, 0) is 18.4 Å². The number of alkyl halides is 3. The zero-order chi connectivity index (χ0) is 10.8. The van der Waals surface area contributed by atoms with Crippen molar-refractivity contribution in [3.8, 4) is 5.75 Å². The number of hydrogen-bond acceptors (Lipinski definition) is 2. The molecule has 0 saturated carbocycles. The molecule has 0 N–H and O–H groups in total. The number of thioether (sulfide) groups is 1. The Morgan fingerprint density at radius 3 is 2.43 bits per heavy atom. The van der Waals surface area contributed by atoms with Gasteiger partial charge in [0.2, 0.25) is 0 Å². The molecule has 0 aliphatic carbocycles. The molecule has 14 heavy (non-hydrogen) atoms. The average Bonchev–Trinajstić information content (AvgIpc) is 2.01. The molecule has 0 aromatic heterocycles. The first kappa shape index (κ1) is 11.5. The zero-order valence-electron chi connectivity index (χ0n) is 7.06. The summed E-state index contributed by atoms with van der Waals surface area (Å²) in [6.45, 7) is 0. The summed E-state index contributed by atoms with van der Waals surface area (Å²) in [6.07, 6.45) is -2.89. The first-order valence-corrected chi connectivity index (χ1v) is 5.12. The number of halogens is 4. The Balaban J connectivity index is 2.87. The average molecular weight is 243 g/mol. The number of rotatable bonds is 2. The van der Waals surface area contributed by atoms with Crippen LogP contribution >= 0.6 is 23.4 Å². The Hall–Kier alpha value is -0.550. The van der Waals surface area contributed by atoms with Gasteiger partial charge in [-0.3, -0.25) is 0 Å². The maximum Gasteiger partial charge on any atom is 0.573 e. The molecule has 0 heterocycles. The third-order valence-electron chi connectivity index (χ3n) is 1.36. The van der Waals surface area contributed by atoms with E-state index in [0.29, 0.717) is 4.90 Å². The van der Waals surface area contributed by atoms with Crippen LogP contribution in [0.15, 0.2) is 23.1 Å². The molecule has 0 saturated heterocycles. The molecule has 1 aromatic rings. The third-order valence-corrected chi connectivity index (χ3v) is 2.58. The highest BCUT2D eigenvalue weighted by Gasteiger charge is 2.31. The van der Waals surface area contributed by atoms with E-state index in [1.54, 1.807) is 6.26 Å². The molecule has 1 rings (SSSR count). The lowest BCUT2D eigenvalue weighted by molar-refractivity contribution is -0.274. The molecule has 6 heteroatoms. The Morgan fingerprint density at radius 2 is 2.00 bits per heavy atom. The third kappa shape index (κ3) is 3.31. The molecular weight excluding hydrogens is 237 g/mol. The summed E-state index contributed by atoms with van der Waals surface area (Å²) >= 11 is 7.04. The fourth-order valence-electron chi connectivity index (χ4n) is 0.844. The normalized spacial score (nSPS) is 11.5. The van der Waals surface area contributed by atoms with Crippen LogP contribution in [-0.2, 0) is 0 Å². The SMILES string of the molecule is CSc1ccc(OC(F)(F)F)cc1Cl. The quantitative estimate of drug-likeness (QED) is 0.726. The highest BCUT2D eigenvalue weighted by molar-refractivity contribution is 7.98. The molecule has 0 unspecified atom stereocenters. The van der Waals surface area contributed by atoms with Crippen molar-refractivity contribution in [3.63, 3.8) is 0 Å². The van der Waals surface area contributed by atoms with Crippen molar-refractivity contribution < 1.29 is 17.9 Å². The lowest BCUT2D eigenvalue weighted by atomic mass is 10.3. The molecular formula is C8H6ClF3OS. The summed E-state index contributed by atoms with van der Waals surface area (Å²) in [7, 11) is 0. The minimum Gasteiger partial charge on any atom is -0.406 e. The summed E-state index contributed by atoms with van der Waals surface area (Å²) in [5.41, 5.74) is 0. The smallest absolute Gasteiger partial charge is 0.406 e. The monoisotopic (exact) mass is 242 g/mol. The minimum atomic E-state index is -4.68. The van der Waals surface area contributed by atoms with Crippen LogP contribution in [0.5, 0.6) is 5.75 Å². The van der Waals surface area contributed by atoms with Gasteiger partial charge in [0.15, 0.2) is 0 Å². The van der Waals surface area contributed by atoms with Crippen LogP contribution in [0.1, 0.15) is 0 Å². The Labute approximate surface area is 88.2 Å². The Kier molecular flexibility index (Phi) is 3.55. The van der Waals surface area contributed by atoms with Crippen molar-refractivity contribution in [1.82, 2.24) is 0 Å². The first-order valence-electron chi connectivity index (χ1n) is 3.51. The van der Waals surface area contributed by atoms with E-state index < -0.39 is 6.36 Å². The van der Waals surface area contributed by atoms with E-state index in [9.17, 15) is 13.2 Å². The fraction of sp³-hybridized carbons (Fsp3) is 0.250. The predicted molar refractivity (Wildman–Crippen MR) is 49.9 cm³/mol. The molecule has 0 radical (unpaired) electrons. The van der Waals surface area contributed by atoms with Crippen molar-refractivity contribution in [2.45, 2.75) is 11.3 Å². The summed E-state index contributed by atoms with van der Waals surface area (Å²) in [5.74, 6) is -0.305. The standard InChI is InChI=1S/C8H6ClF3OS/c1-14-7-3-2-5(4-6(7)9)13-8(10,11)12/h2-4H,1H3. The van der Waals surface area contributed by atoms with Gasteiger partial charge in [-0.1, -0.05) is 11.6 Å². The van der Waals surface area contributed by atoms with Crippen LogP contribution < -0.4 is 4.74 Å². The highest BCUT2D eigenvalue weighted by atomic mass is 35.5. The molecule has 0 bridgehead atoms. The van der Waals surface area contributed by atoms with Gasteiger partial charge in [-0.15, -0.1) is 24.9 Å². The molecule has 78 valence electrons. The Bertz CT molecular complexity index is 327. The summed E-state index contributed by atoms with van der Waals surface area (Å²) in [5, 5.41) is 0.249. The van der Waals surface area contributed by atoms with Gasteiger partial charge in [-0.25, -0.2) is 0 Å². The molecule has 0 aliphatic rings. The van der Waals surface area contributed by atoms with Gasteiger partial charge >= 0.3 is 6.36 Å². The van der Waals surface area contributed by atoms with Gasteiger partial charge in [0, 0.05) is 11.0 Å². The molecule has 1 aromatic carbocycles. The Morgan fingerprint density at radius 1 is 1.36 bits per heavy atom. The second kappa shape index (κ2) is 4.31. The summed E-state index contributed by atoms with van der Waals surface area (Å²) in [6, 6.07) is 3.85. The molecule has 0 atom stereocenters. The molecule has 0 spiro atoms. The van der Waals surface area contributed by atoms with Gasteiger partial charge in [0.25, 0.3) is 0 Å². The van der Waals surface area contributed by atoms with Crippen LogP contribution in [0, 0.1) is 0 Å². The van der Waals surface area contributed by atoms with Crippen molar-refractivity contribution in [1.29, 1.82) is 0 Å². The topological polar surface area (TPSA) is 9.23 Å². The maximum absolute atomic E-state index is 11.8. The highest BCUT2D eigenvalue weighted by Crippen LogP contribution is 2.31. The van der Waals surface area contributed by atoms with E-state index in [2.05, 4.69) is 4.74 Å². The number of hydrogen-bond donors (Lipinski definition) is 0.